The number of hydrogen-bond acceptors (Lipinski definition) is 6. The van der Waals surface area contributed by atoms with Crippen molar-refractivity contribution in [1.29, 1.82) is 0 Å². The number of imidazole rings is 1. The molecule has 0 fully saturated rings. The first-order chi connectivity index (χ1) is 19.7. The number of pyridine rings is 1. The summed E-state index contributed by atoms with van der Waals surface area (Å²) >= 11 is 0. The van der Waals surface area contributed by atoms with Crippen LogP contribution in [-0.2, 0) is 29.4 Å². The SMILES string of the molecule is CCc1nc2c(C)cc(C)nc2n1Cc1ccc(-c2ccccc2S(=O)(=O)NC(=O)c2ccccc2CCN)cc1. The van der Waals surface area contributed by atoms with Crippen LogP contribution in [0.25, 0.3) is 22.3 Å². The summed E-state index contributed by atoms with van der Waals surface area (Å²) in [6.07, 6.45) is 1.25. The summed E-state index contributed by atoms with van der Waals surface area (Å²) in [6.45, 7) is 7.05. The molecule has 0 radical (unpaired) electrons. The second-order valence-corrected chi connectivity index (χ2v) is 11.7. The maximum Gasteiger partial charge on any atom is 0.265 e. The second kappa shape index (κ2) is 11.6. The van der Waals surface area contributed by atoms with Gasteiger partial charge >= 0.3 is 0 Å². The van der Waals surface area contributed by atoms with Gasteiger partial charge in [0.2, 0.25) is 0 Å². The number of aryl methyl sites for hydroxylation is 3. The molecule has 0 bridgehead atoms. The molecule has 0 spiro atoms. The predicted octanol–water partition coefficient (Wildman–Crippen LogP) is 4.95. The summed E-state index contributed by atoms with van der Waals surface area (Å²) in [5.74, 6) is 0.281. The molecule has 5 rings (SSSR count). The van der Waals surface area contributed by atoms with Gasteiger partial charge in [0.1, 0.15) is 11.3 Å². The maximum atomic E-state index is 13.4. The molecule has 0 unspecified atom stereocenters. The zero-order chi connectivity index (χ0) is 29.1. The van der Waals surface area contributed by atoms with Crippen LogP contribution in [0.4, 0.5) is 0 Å². The van der Waals surface area contributed by atoms with Crippen LogP contribution < -0.4 is 10.5 Å². The largest absolute Gasteiger partial charge is 0.330 e. The summed E-state index contributed by atoms with van der Waals surface area (Å²) in [5.41, 5.74) is 12.8. The lowest BCUT2D eigenvalue weighted by molar-refractivity contribution is 0.0980. The van der Waals surface area contributed by atoms with Crippen molar-refractivity contribution in [3.63, 3.8) is 0 Å². The minimum absolute atomic E-state index is 0.0291. The molecule has 8 nitrogen and oxygen atoms in total. The van der Waals surface area contributed by atoms with E-state index < -0.39 is 15.9 Å². The number of nitrogens with two attached hydrogens (primary N) is 1. The molecule has 2 aromatic heterocycles. The molecule has 0 aliphatic carbocycles. The minimum Gasteiger partial charge on any atom is -0.330 e. The molecule has 1 amide bonds. The molecule has 5 aromatic rings. The van der Waals surface area contributed by atoms with Gasteiger partial charge in [0.15, 0.2) is 5.65 Å². The zero-order valence-electron chi connectivity index (χ0n) is 23.4. The molecule has 0 saturated heterocycles. The number of benzene rings is 3. The topological polar surface area (TPSA) is 120 Å². The molecule has 3 N–H and O–H groups in total. The monoisotopic (exact) mass is 567 g/mol. The van der Waals surface area contributed by atoms with E-state index in [1.807, 2.05) is 37.3 Å². The molecule has 2 heterocycles. The Hall–Kier alpha value is -4.34. The molecule has 210 valence electrons. The van der Waals surface area contributed by atoms with Gasteiger partial charge in [0.05, 0.1) is 11.4 Å². The molecule has 0 atom stereocenters. The molecule has 0 aliphatic rings. The highest BCUT2D eigenvalue weighted by molar-refractivity contribution is 7.90. The van der Waals surface area contributed by atoms with Gasteiger partial charge in [-0.25, -0.2) is 23.1 Å². The van der Waals surface area contributed by atoms with E-state index in [0.717, 1.165) is 45.8 Å². The summed E-state index contributed by atoms with van der Waals surface area (Å²) < 4.78 is 31.3. The third-order valence-corrected chi connectivity index (χ3v) is 8.49. The van der Waals surface area contributed by atoms with Gasteiger partial charge in [-0.15, -0.1) is 0 Å². The standard InChI is InChI=1S/C32H33N5O3S/c1-4-29-35-30-21(2)19-22(3)34-31(30)37(29)20-23-13-15-25(16-14-23)26-10-7-8-12-28(26)41(39,40)36-32(38)27-11-6-5-9-24(27)17-18-33/h5-16,19H,4,17-18,20,33H2,1-3H3,(H,36,38). The van der Waals surface area contributed by atoms with E-state index in [1.165, 1.54) is 6.07 Å². The van der Waals surface area contributed by atoms with E-state index in [-0.39, 0.29) is 4.90 Å². The molecule has 9 heteroatoms. The van der Waals surface area contributed by atoms with E-state index in [1.54, 1.807) is 42.5 Å². The lowest BCUT2D eigenvalue weighted by atomic mass is 10.0. The third-order valence-electron chi connectivity index (χ3n) is 7.10. The number of carbonyl (C=O) groups excluding carboxylic acids is 1. The highest BCUT2D eigenvalue weighted by Gasteiger charge is 2.23. The lowest BCUT2D eigenvalue weighted by Gasteiger charge is -2.14. The third kappa shape index (κ3) is 5.77. The second-order valence-electron chi connectivity index (χ2n) is 10.0. The van der Waals surface area contributed by atoms with Crippen molar-refractivity contribution in [3.8, 4) is 11.1 Å². The lowest BCUT2D eigenvalue weighted by Crippen LogP contribution is -2.31. The van der Waals surface area contributed by atoms with Crippen molar-refractivity contribution in [2.45, 2.75) is 45.1 Å². The fourth-order valence-electron chi connectivity index (χ4n) is 5.14. The average molecular weight is 568 g/mol. The van der Waals surface area contributed by atoms with Crippen LogP contribution in [0.15, 0.2) is 83.8 Å². The van der Waals surface area contributed by atoms with Crippen LogP contribution in [-0.4, -0.2) is 35.4 Å². The Morgan fingerprint density at radius 3 is 2.39 bits per heavy atom. The Morgan fingerprint density at radius 2 is 1.66 bits per heavy atom. The summed E-state index contributed by atoms with van der Waals surface area (Å²) in [5, 5.41) is 0. The van der Waals surface area contributed by atoms with Gasteiger partial charge < -0.3 is 10.3 Å². The first-order valence-electron chi connectivity index (χ1n) is 13.6. The number of carbonyl (C=O) groups is 1. The number of rotatable bonds is 9. The smallest absolute Gasteiger partial charge is 0.265 e. The number of nitrogens with one attached hydrogen (secondary N) is 1. The van der Waals surface area contributed by atoms with Crippen LogP contribution in [0, 0.1) is 13.8 Å². The Morgan fingerprint density at radius 1 is 0.951 bits per heavy atom. The minimum atomic E-state index is -4.16. The average Bonchev–Trinajstić information content (AvgIpc) is 3.31. The van der Waals surface area contributed by atoms with E-state index in [9.17, 15) is 13.2 Å². The van der Waals surface area contributed by atoms with Crippen molar-refractivity contribution >= 4 is 27.1 Å². The van der Waals surface area contributed by atoms with Gasteiger partial charge in [0, 0.05) is 23.2 Å². The van der Waals surface area contributed by atoms with E-state index >= 15 is 0 Å². The number of fused-ring (bicyclic) bond motifs is 1. The fraction of sp³-hybridized carbons (Fsp3) is 0.219. The van der Waals surface area contributed by atoms with Gasteiger partial charge in [0.25, 0.3) is 15.9 Å². The van der Waals surface area contributed by atoms with E-state index in [4.69, 9.17) is 15.7 Å². The Bertz CT molecular complexity index is 1840. The maximum absolute atomic E-state index is 13.4. The number of amides is 1. The van der Waals surface area contributed by atoms with Crippen LogP contribution in [0.2, 0.25) is 0 Å². The number of sulfonamides is 1. The first kappa shape index (κ1) is 28.2. The zero-order valence-corrected chi connectivity index (χ0v) is 24.2. The van der Waals surface area contributed by atoms with Gasteiger partial charge in [-0.1, -0.05) is 67.6 Å². The quantitative estimate of drug-likeness (QED) is 0.260. The molecule has 0 saturated carbocycles. The van der Waals surface area contributed by atoms with Crippen molar-refractivity contribution in [1.82, 2.24) is 19.3 Å². The first-order valence-corrected chi connectivity index (χ1v) is 15.1. The van der Waals surface area contributed by atoms with Crippen LogP contribution in [0.1, 0.15) is 45.5 Å². The summed E-state index contributed by atoms with van der Waals surface area (Å²) in [6, 6.07) is 23.4. The van der Waals surface area contributed by atoms with Crippen LogP contribution in [0.3, 0.4) is 0 Å². The predicted molar refractivity (Wildman–Crippen MR) is 161 cm³/mol. The van der Waals surface area contributed by atoms with Crippen molar-refractivity contribution in [2.75, 3.05) is 6.54 Å². The van der Waals surface area contributed by atoms with Crippen molar-refractivity contribution in [3.05, 3.63) is 113 Å². The van der Waals surface area contributed by atoms with Crippen molar-refractivity contribution < 1.29 is 13.2 Å². The van der Waals surface area contributed by atoms with Crippen LogP contribution >= 0.6 is 0 Å². The number of nitrogens with zero attached hydrogens (tertiary/aromatic N) is 3. The molecule has 41 heavy (non-hydrogen) atoms. The van der Waals surface area contributed by atoms with Gasteiger partial charge in [-0.05, 0) is 67.3 Å². The van der Waals surface area contributed by atoms with E-state index in [2.05, 4.69) is 23.1 Å². The highest BCUT2D eigenvalue weighted by Crippen LogP contribution is 2.28. The van der Waals surface area contributed by atoms with Gasteiger partial charge in [-0.2, -0.15) is 0 Å². The normalized spacial score (nSPS) is 11.6. The molecular formula is C32H33N5O3S. The molecule has 3 aromatic carbocycles. The van der Waals surface area contributed by atoms with Crippen LogP contribution in [0.5, 0.6) is 0 Å². The van der Waals surface area contributed by atoms with Gasteiger partial charge in [-0.3, -0.25) is 4.79 Å². The molecular weight excluding hydrogens is 534 g/mol. The number of hydrogen-bond donors (Lipinski definition) is 2. The Balaban J connectivity index is 1.43. The number of aromatic nitrogens is 3. The molecule has 0 aliphatic heterocycles. The van der Waals surface area contributed by atoms with Crippen molar-refractivity contribution in [2.24, 2.45) is 5.73 Å². The summed E-state index contributed by atoms with van der Waals surface area (Å²) in [7, 11) is -4.16. The Kier molecular flexibility index (Phi) is 8.01. The van der Waals surface area contributed by atoms with E-state index in [0.29, 0.717) is 36.2 Å². The highest BCUT2D eigenvalue weighted by atomic mass is 32.2. The Labute approximate surface area is 240 Å². The fourth-order valence-corrected chi connectivity index (χ4v) is 6.34. The summed E-state index contributed by atoms with van der Waals surface area (Å²) in [4.78, 5) is 22.6.